The summed E-state index contributed by atoms with van der Waals surface area (Å²) in [5.41, 5.74) is 7.58. The first kappa shape index (κ1) is 14.7. The predicted molar refractivity (Wildman–Crippen MR) is 79.3 cm³/mol. The molecule has 1 aromatic rings. The van der Waals surface area contributed by atoms with Gasteiger partial charge in [-0.1, -0.05) is 0 Å². The number of ether oxygens (including phenoxy) is 1. The molecule has 1 saturated heterocycles. The number of hydrogen-bond donors (Lipinski definition) is 2. The van der Waals surface area contributed by atoms with Crippen molar-refractivity contribution in [2.24, 2.45) is 0 Å². The van der Waals surface area contributed by atoms with Crippen LogP contribution in [0.1, 0.15) is 37.0 Å². The summed E-state index contributed by atoms with van der Waals surface area (Å²) in [6, 6.07) is 4.88. The number of carboxylic acid groups (broad SMARTS) is 1. The van der Waals surface area contributed by atoms with Gasteiger partial charge in [-0.15, -0.1) is 0 Å². The maximum Gasteiger partial charge on any atom is 0.335 e. The highest BCUT2D eigenvalue weighted by Gasteiger charge is 2.24. The molecule has 2 atom stereocenters. The maximum absolute atomic E-state index is 10.9. The Bertz CT molecular complexity index is 490. The average Bonchev–Trinajstić information content (AvgIpc) is 2.81. The number of nitrogens with two attached hydrogens (primary N) is 1. The summed E-state index contributed by atoms with van der Waals surface area (Å²) in [5.74, 6) is -0.959. The lowest BCUT2D eigenvalue weighted by molar-refractivity contribution is 0.0601. The van der Waals surface area contributed by atoms with Crippen molar-refractivity contribution >= 4 is 17.3 Å². The second kappa shape index (κ2) is 6.13. The lowest BCUT2D eigenvalue weighted by atomic mass is 10.1. The van der Waals surface area contributed by atoms with E-state index >= 15 is 0 Å². The van der Waals surface area contributed by atoms with Crippen LogP contribution in [0.15, 0.2) is 18.2 Å². The van der Waals surface area contributed by atoms with Gasteiger partial charge in [0.1, 0.15) is 0 Å². The number of aromatic carboxylic acids is 1. The lowest BCUT2D eigenvalue weighted by Gasteiger charge is -2.27. The lowest BCUT2D eigenvalue weighted by Crippen LogP contribution is -2.33. The summed E-state index contributed by atoms with van der Waals surface area (Å²) in [4.78, 5) is 13.1. The Morgan fingerprint density at radius 1 is 1.50 bits per heavy atom. The van der Waals surface area contributed by atoms with E-state index in [1.54, 1.807) is 12.1 Å². The minimum Gasteiger partial charge on any atom is -0.478 e. The second-order valence-electron chi connectivity index (χ2n) is 5.26. The number of nitrogens with zero attached hydrogens (tertiary/aromatic N) is 1. The van der Waals surface area contributed by atoms with E-state index in [0.717, 1.165) is 31.6 Å². The summed E-state index contributed by atoms with van der Waals surface area (Å²) in [5, 5.41) is 8.97. The van der Waals surface area contributed by atoms with Gasteiger partial charge in [0, 0.05) is 13.1 Å². The summed E-state index contributed by atoms with van der Waals surface area (Å²) in [6.07, 6.45) is 2.70. The first-order valence-electron chi connectivity index (χ1n) is 7.04. The van der Waals surface area contributed by atoms with Crippen molar-refractivity contribution in [1.29, 1.82) is 0 Å². The molecule has 110 valence electrons. The Morgan fingerprint density at radius 2 is 2.25 bits per heavy atom. The minimum absolute atomic E-state index is 0.216. The third-order valence-electron chi connectivity index (χ3n) is 3.74. The van der Waals surface area contributed by atoms with Crippen molar-refractivity contribution in [3.63, 3.8) is 0 Å². The van der Waals surface area contributed by atoms with E-state index in [-0.39, 0.29) is 11.7 Å². The number of likely N-dealkylation sites (N-methyl/N-ethyl adjacent to an activating group) is 1. The van der Waals surface area contributed by atoms with Crippen LogP contribution < -0.4 is 10.6 Å². The monoisotopic (exact) mass is 278 g/mol. The Hall–Kier alpha value is -1.75. The van der Waals surface area contributed by atoms with Crippen molar-refractivity contribution in [3.05, 3.63) is 23.8 Å². The SMILES string of the molecule is CCN(CC1CCC(C)O1)c1ccc(C(=O)O)cc1N. The van der Waals surface area contributed by atoms with Crippen molar-refractivity contribution < 1.29 is 14.6 Å². The number of hydrogen-bond acceptors (Lipinski definition) is 4. The second-order valence-corrected chi connectivity index (χ2v) is 5.26. The van der Waals surface area contributed by atoms with Crippen LogP contribution in [0.25, 0.3) is 0 Å². The van der Waals surface area contributed by atoms with E-state index < -0.39 is 5.97 Å². The van der Waals surface area contributed by atoms with Crippen LogP contribution in [0.4, 0.5) is 11.4 Å². The molecule has 3 N–H and O–H groups in total. The van der Waals surface area contributed by atoms with Gasteiger partial charge in [-0.2, -0.15) is 0 Å². The summed E-state index contributed by atoms with van der Waals surface area (Å²) in [7, 11) is 0. The molecule has 1 aliphatic rings. The summed E-state index contributed by atoms with van der Waals surface area (Å²) < 4.78 is 5.84. The van der Waals surface area contributed by atoms with Crippen molar-refractivity contribution in [2.75, 3.05) is 23.7 Å². The summed E-state index contributed by atoms with van der Waals surface area (Å²) >= 11 is 0. The molecule has 0 radical (unpaired) electrons. The fourth-order valence-electron chi connectivity index (χ4n) is 2.64. The maximum atomic E-state index is 10.9. The topological polar surface area (TPSA) is 75.8 Å². The third-order valence-corrected chi connectivity index (χ3v) is 3.74. The molecule has 0 aromatic heterocycles. The van der Waals surface area contributed by atoms with Crippen LogP contribution in [0, 0.1) is 0 Å². The van der Waals surface area contributed by atoms with Crippen LogP contribution in [-0.4, -0.2) is 36.4 Å². The number of benzene rings is 1. The number of anilines is 2. The molecule has 2 rings (SSSR count). The van der Waals surface area contributed by atoms with E-state index in [2.05, 4.69) is 18.7 Å². The largest absolute Gasteiger partial charge is 0.478 e. The van der Waals surface area contributed by atoms with Crippen LogP contribution in [0.3, 0.4) is 0 Å². The molecule has 1 aliphatic heterocycles. The standard InChI is InChI=1S/C15H22N2O3/c1-3-17(9-12-6-4-10(2)20-12)14-7-5-11(15(18)19)8-13(14)16/h5,7-8,10,12H,3-4,6,9,16H2,1-2H3,(H,18,19). The van der Waals surface area contributed by atoms with E-state index in [1.165, 1.54) is 6.07 Å². The van der Waals surface area contributed by atoms with Crippen molar-refractivity contribution in [1.82, 2.24) is 0 Å². The predicted octanol–water partition coefficient (Wildman–Crippen LogP) is 2.36. The molecule has 0 bridgehead atoms. The molecular weight excluding hydrogens is 256 g/mol. The smallest absolute Gasteiger partial charge is 0.335 e. The Kier molecular flexibility index (Phi) is 4.49. The van der Waals surface area contributed by atoms with Gasteiger partial charge < -0.3 is 20.5 Å². The molecule has 0 aliphatic carbocycles. The first-order valence-corrected chi connectivity index (χ1v) is 7.04. The zero-order chi connectivity index (χ0) is 14.7. The molecule has 1 heterocycles. The number of carboxylic acids is 1. The molecule has 20 heavy (non-hydrogen) atoms. The van der Waals surface area contributed by atoms with Gasteiger partial charge in [-0.25, -0.2) is 4.79 Å². The van der Waals surface area contributed by atoms with Gasteiger partial charge in [0.05, 0.1) is 29.1 Å². The molecule has 1 fully saturated rings. The van der Waals surface area contributed by atoms with Gasteiger partial charge in [0.2, 0.25) is 0 Å². The Balaban J connectivity index is 2.13. The highest BCUT2D eigenvalue weighted by Crippen LogP contribution is 2.27. The first-order chi connectivity index (χ1) is 9.51. The van der Waals surface area contributed by atoms with E-state index in [0.29, 0.717) is 11.8 Å². The van der Waals surface area contributed by atoms with Crippen molar-refractivity contribution in [2.45, 2.75) is 38.9 Å². The van der Waals surface area contributed by atoms with Crippen LogP contribution in [-0.2, 0) is 4.74 Å². The van der Waals surface area contributed by atoms with Crippen molar-refractivity contribution in [3.8, 4) is 0 Å². The molecule has 0 amide bonds. The van der Waals surface area contributed by atoms with Crippen LogP contribution >= 0.6 is 0 Å². The van der Waals surface area contributed by atoms with Gasteiger partial charge in [0.25, 0.3) is 0 Å². The average molecular weight is 278 g/mol. The zero-order valence-corrected chi connectivity index (χ0v) is 12.0. The molecule has 0 spiro atoms. The fraction of sp³-hybridized carbons (Fsp3) is 0.533. The molecule has 5 heteroatoms. The zero-order valence-electron chi connectivity index (χ0n) is 12.0. The highest BCUT2D eigenvalue weighted by atomic mass is 16.5. The highest BCUT2D eigenvalue weighted by molar-refractivity contribution is 5.90. The van der Waals surface area contributed by atoms with Crippen LogP contribution in [0.5, 0.6) is 0 Å². The Morgan fingerprint density at radius 3 is 2.75 bits per heavy atom. The minimum atomic E-state index is -0.959. The molecule has 1 aromatic carbocycles. The fourth-order valence-corrected chi connectivity index (χ4v) is 2.64. The number of rotatable bonds is 5. The van der Waals surface area contributed by atoms with E-state index in [1.807, 2.05) is 0 Å². The van der Waals surface area contributed by atoms with Gasteiger partial charge in [-0.05, 0) is 44.9 Å². The van der Waals surface area contributed by atoms with Crippen LogP contribution in [0.2, 0.25) is 0 Å². The molecule has 2 unspecified atom stereocenters. The normalized spacial score (nSPS) is 21.9. The quantitative estimate of drug-likeness (QED) is 0.809. The van der Waals surface area contributed by atoms with Gasteiger partial charge in [0.15, 0.2) is 0 Å². The third kappa shape index (κ3) is 3.22. The number of nitrogen functional groups attached to an aromatic ring is 1. The van der Waals surface area contributed by atoms with Gasteiger partial charge in [-0.3, -0.25) is 0 Å². The molecular formula is C15H22N2O3. The number of carbonyl (C=O) groups is 1. The molecule has 0 saturated carbocycles. The van der Waals surface area contributed by atoms with E-state index in [9.17, 15) is 4.79 Å². The van der Waals surface area contributed by atoms with E-state index in [4.69, 9.17) is 15.6 Å². The molecule has 5 nitrogen and oxygen atoms in total. The summed E-state index contributed by atoms with van der Waals surface area (Å²) in [6.45, 7) is 5.75. The van der Waals surface area contributed by atoms with Gasteiger partial charge >= 0.3 is 5.97 Å². The Labute approximate surface area is 119 Å².